The highest BCUT2D eigenvalue weighted by atomic mass is 16.4. The van der Waals surface area contributed by atoms with Gasteiger partial charge in [-0.3, -0.25) is 14.4 Å². The van der Waals surface area contributed by atoms with Crippen molar-refractivity contribution in [2.45, 2.75) is 71.4 Å². The van der Waals surface area contributed by atoms with Gasteiger partial charge in [-0.2, -0.15) is 0 Å². The number of ketones is 1. The van der Waals surface area contributed by atoms with Gasteiger partial charge in [-0.25, -0.2) is 4.79 Å². The Morgan fingerprint density at radius 3 is 2.33 bits per heavy atom. The molecule has 0 radical (unpaired) electrons. The molecule has 1 atom stereocenters. The largest absolute Gasteiger partial charge is 0.481 e. The smallest absolute Gasteiger partial charge is 0.319 e. The Hall–Kier alpha value is -3.88. The Morgan fingerprint density at radius 1 is 0.974 bits per heavy atom. The van der Waals surface area contributed by atoms with Crippen molar-refractivity contribution in [3.63, 3.8) is 0 Å². The topological polar surface area (TPSA) is 119 Å². The maximum atomic E-state index is 14.0. The molecule has 1 heterocycles. The van der Waals surface area contributed by atoms with E-state index >= 15 is 0 Å². The van der Waals surface area contributed by atoms with Crippen molar-refractivity contribution >= 4 is 40.8 Å². The maximum absolute atomic E-state index is 14.0. The summed E-state index contributed by atoms with van der Waals surface area (Å²) in [5.74, 6) is -1.38. The van der Waals surface area contributed by atoms with Crippen LogP contribution in [-0.4, -0.2) is 54.0 Å². The molecule has 0 unspecified atom stereocenters. The fourth-order valence-electron chi connectivity index (χ4n) is 5.26. The van der Waals surface area contributed by atoms with Crippen LogP contribution in [0, 0.1) is 5.41 Å². The number of carbonyl (C=O) groups excluding carboxylic acids is 3. The van der Waals surface area contributed by atoms with E-state index in [1.165, 1.54) is 11.3 Å². The molecule has 208 valence electrons. The van der Waals surface area contributed by atoms with Crippen molar-refractivity contribution in [3.05, 3.63) is 54.1 Å². The van der Waals surface area contributed by atoms with Crippen LogP contribution in [0.5, 0.6) is 0 Å². The zero-order chi connectivity index (χ0) is 28.2. The molecule has 1 saturated carbocycles. The molecule has 0 bridgehead atoms. The average Bonchev–Trinajstić information content (AvgIpc) is 2.99. The molecular weight excluding hydrogens is 496 g/mol. The number of anilines is 3. The third-order valence-electron chi connectivity index (χ3n) is 7.42. The fraction of sp³-hybridized carbons (Fsp3) is 0.467. The number of hydrogen-bond donors (Lipinski definition) is 3. The van der Waals surface area contributed by atoms with E-state index < -0.39 is 23.5 Å². The standard InChI is InChI=1S/C30H38N4O5/c1-30(2,3)26(35)19-34-25-15-8-7-14-24(25)33(22-12-5-4-6-13-22)18-23(28(34)38)32-29(39)31-21-11-9-10-20(16-21)17-27(36)37/h7-11,14-16,22-23H,4-6,12-13,17-19H2,1-3H3,(H,36,37)(H2,31,32,39)/t23-/m1/s1. The molecule has 9 nitrogen and oxygen atoms in total. The first-order valence-electron chi connectivity index (χ1n) is 13.6. The molecule has 1 aliphatic heterocycles. The minimum Gasteiger partial charge on any atom is -0.481 e. The second-order valence-corrected chi connectivity index (χ2v) is 11.5. The molecule has 2 aromatic rings. The Morgan fingerprint density at radius 2 is 1.67 bits per heavy atom. The molecule has 0 saturated heterocycles. The number of urea groups is 1. The van der Waals surface area contributed by atoms with Gasteiger partial charge >= 0.3 is 12.0 Å². The van der Waals surface area contributed by atoms with Crippen LogP contribution in [0.25, 0.3) is 0 Å². The van der Waals surface area contributed by atoms with Crippen LogP contribution in [0.4, 0.5) is 21.9 Å². The zero-order valence-electron chi connectivity index (χ0n) is 22.9. The molecule has 3 N–H and O–H groups in total. The third kappa shape index (κ3) is 6.96. The van der Waals surface area contributed by atoms with E-state index in [1.807, 2.05) is 45.0 Å². The Labute approximate surface area is 229 Å². The van der Waals surface area contributed by atoms with Crippen molar-refractivity contribution in [2.24, 2.45) is 5.41 Å². The summed E-state index contributed by atoms with van der Waals surface area (Å²) in [6, 6.07) is 13.0. The highest BCUT2D eigenvalue weighted by molar-refractivity contribution is 6.08. The van der Waals surface area contributed by atoms with Gasteiger partial charge in [0.2, 0.25) is 0 Å². The van der Waals surface area contributed by atoms with Gasteiger partial charge in [0.05, 0.1) is 24.3 Å². The number of fused-ring (bicyclic) bond motifs is 1. The summed E-state index contributed by atoms with van der Waals surface area (Å²) >= 11 is 0. The number of hydrogen-bond acceptors (Lipinski definition) is 5. The highest BCUT2D eigenvalue weighted by Crippen LogP contribution is 2.37. The van der Waals surface area contributed by atoms with Gasteiger partial charge in [0.15, 0.2) is 5.78 Å². The first-order valence-corrected chi connectivity index (χ1v) is 13.6. The van der Waals surface area contributed by atoms with Crippen molar-refractivity contribution < 1.29 is 24.3 Å². The molecule has 0 spiro atoms. The number of nitrogens with one attached hydrogen (secondary N) is 2. The molecule has 39 heavy (non-hydrogen) atoms. The van der Waals surface area contributed by atoms with E-state index in [1.54, 1.807) is 24.3 Å². The quantitative estimate of drug-likeness (QED) is 0.478. The molecule has 3 amide bonds. The fourth-order valence-corrected chi connectivity index (χ4v) is 5.26. The van der Waals surface area contributed by atoms with Gasteiger partial charge in [-0.05, 0) is 42.7 Å². The van der Waals surface area contributed by atoms with Gasteiger partial charge in [0.25, 0.3) is 5.91 Å². The van der Waals surface area contributed by atoms with Crippen molar-refractivity contribution in [1.29, 1.82) is 0 Å². The van der Waals surface area contributed by atoms with Crippen LogP contribution in [0.15, 0.2) is 48.5 Å². The summed E-state index contributed by atoms with van der Waals surface area (Å²) in [7, 11) is 0. The number of aliphatic carboxylic acids is 1. The number of para-hydroxylation sites is 2. The van der Waals surface area contributed by atoms with E-state index in [-0.39, 0.29) is 37.2 Å². The first-order chi connectivity index (χ1) is 18.5. The number of carboxylic acids is 1. The zero-order valence-corrected chi connectivity index (χ0v) is 22.9. The number of nitrogens with zero attached hydrogens (tertiary/aromatic N) is 2. The van der Waals surface area contributed by atoms with Crippen molar-refractivity contribution in [3.8, 4) is 0 Å². The summed E-state index contributed by atoms with van der Waals surface area (Å²) in [5, 5.41) is 14.7. The van der Waals surface area contributed by atoms with Gasteiger partial charge in [-0.1, -0.05) is 64.3 Å². The lowest BCUT2D eigenvalue weighted by Gasteiger charge is -2.37. The van der Waals surface area contributed by atoms with E-state index in [0.717, 1.165) is 31.4 Å². The number of carboxylic acid groups (broad SMARTS) is 1. The SMILES string of the molecule is CC(C)(C)C(=O)CN1C(=O)[C@H](NC(=O)Nc2cccc(CC(=O)O)c2)CN(C2CCCCC2)c2ccccc21. The second kappa shape index (κ2) is 11.9. The van der Waals surface area contributed by atoms with Crippen LogP contribution >= 0.6 is 0 Å². The second-order valence-electron chi connectivity index (χ2n) is 11.5. The van der Waals surface area contributed by atoms with Gasteiger partial charge in [-0.15, -0.1) is 0 Å². The number of carbonyl (C=O) groups is 4. The van der Waals surface area contributed by atoms with E-state index in [2.05, 4.69) is 15.5 Å². The molecule has 4 rings (SSSR count). The van der Waals surface area contributed by atoms with Crippen LogP contribution in [0.3, 0.4) is 0 Å². The van der Waals surface area contributed by atoms with Crippen molar-refractivity contribution in [2.75, 3.05) is 28.2 Å². The molecular formula is C30H38N4O5. The lowest BCUT2D eigenvalue weighted by atomic mass is 9.90. The normalized spacial score (nSPS) is 18.2. The predicted molar refractivity (Wildman–Crippen MR) is 151 cm³/mol. The summed E-state index contributed by atoms with van der Waals surface area (Å²) in [6.07, 6.45) is 5.23. The summed E-state index contributed by atoms with van der Waals surface area (Å²) < 4.78 is 0. The van der Waals surface area contributed by atoms with Gasteiger partial charge < -0.3 is 25.5 Å². The van der Waals surface area contributed by atoms with Crippen LogP contribution in [0.2, 0.25) is 0 Å². The minimum absolute atomic E-state index is 0.0739. The van der Waals surface area contributed by atoms with Gasteiger partial charge in [0.1, 0.15) is 6.04 Å². The Kier molecular flexibility index (Phi) is 8.57. The number of amides is 3. The monoisotopic (exact) mass is 534 g/mol. The molecule has 2 aromatic carbocycles. The first kappa shape index (κ1) is 28.1. The predicted octanol–water partition coefficient (Wildman–Crippen LogP) is 4.60. The summed E-state index contributed by atoms with van der Waals surface area (Å²) in [4.78, 5) is 55.1. The van der Waals surface area contributed by atoms with Crippen LogP contribution in [0.1, 0.15) is 58.4 Å². The van der Waals surface area contributed by atoms with Gasteiger partial charge in [0, 0.05) is 23.7 Å². The summed E-state index contributed by atoms with van der Waals surface area (Å²) in [5.41, 5.74) is 1.92. The number of benzene rings is 2. The lowest BCUT2D eigenvalue weighted by Crippen LogP contribution is -2.55. The maximum Gasteiger partial charge on any atom is 0.319 e. The Bertz CT molecular complexity index is 1230. The summed E-state index contributed by atoms with van der Waals surface area (Å²) in [6.45, 7) is 5.70. The number of Topliss-reactive ketones (excluding diaryl/α,β-unsaturated/α-hetero) is 1. The van der Waals surface area contributed by atoms with E-state index in [4.69, 9.17) is 5.11 Å². The Balaban J connectivity index is 1.63. The molecule has 1 fully saturated rings. The number of rotatable bonds is 7. The van der Waals surface area contributed by atoms with Crippen molar-refractivity contribution in [1.82, 2.24) is 5.32 Å². The van der Waals surface area contributed by atoms with Crippen LogP contribution < -0.4 is 20.4 Å². The minimum atomic E-state index is -0.965. The average molecular weight is 535 g/mol. The molecule has 0 aromatic heterocycles. The van der Waals surface area contributed by atoms with Crippen LogP contribution in [-0.2, 0) is 20.8 Å². The molecule has 2 aliphatic rings. The van der Waals surface area contributed by atoms with E-state index in [0.29, 0.717) is 16.9 Å². The highest BCUT2D eigenvalue weighted by Gasteiger charge is 2.39. The molecule has 9 heteroatoms. The lowest BCUT2D eigenvalue weighted by molar-refractivity contribution is -0.136. The molecule has 1 aliphatic carbocycles. The third-order valence-corrected chi connectivity index (χ3v) is 7.42. The van der Waals surface area contributed by atoms with E-state index in [9.17, 15) is 19.2 Å².